The van der Waals surface area contributed by atoms with E-state index in [9.17, 15) is 4.79 Å². The highest BCUT2D eigenvalue weighted by molar-refractivity contribution is 5.78. The maximum Gasteiger partial charge on any atom is 0.134 e. The van der Waals surface area contributed by atoms with Gasteiger partial charge in [-0.25, -0.2) is 0 Å². The van der Waals surface area contributed by atoms with Crippen molar-refractivity contribution in [3.05, 3.63) is 29.8 Å². The molecule has 0 bridgehead atoms. The summed E-state index contributed by atoms with van der Waals surface area (Å²) in [5.41, 5.74) is 2.32. The second-order valence-electron chi connectivity index (χ2n) is 3.71. The van der Waals surface area contributed by atoms with Gasteiger partial charge in [-0.2, -0.15) is 0 Å². The summed E-state index contributed by atoms with van der Waals surface area (Å²) in [7, 11) is 0. The van der Waals surface area contributed by atoms with E-state index in [0.717, 1.165) is 5.69 Å². The van der Waals surface area contributed by atoms with Gasteiger partial charge in [-0.15, -0.1) is 0 Å². The molecule has 1 unspecified atom stereocenters. The molecule has 0 radical (unpaired) electrons. The first-order valence-electron chi connectivity index (χ1n) is 4.91. The SMILES string of the molecule is CC(=O)C(C)CNc1ccccc1C. The fourth-order valence-corrected chi connectivity index (χ4v) is 1.18. The number of hydrogen-bond acceptors (Lipinski definition) is 2. The summed E-state index contributed by atoms with van der Waals surface area (Å²) in [5.74, 6) is 0.306. The first-order valence-corrected chi connectivity index (χ1v) is 4.91. The number of ketones is 1. The number of para-hydroxylation sites is 1. The summed E-state index contributed by atoms with van der Waals surface area (Å²) >= 11 is 0. The molecule has 1 aromatic carbocycles. The van der Waals surface area contributed by atoms with Crippen LogP contribution >= 0.6 is 0 Å². The largest absolute Gasteiger partial charge is 0.384 e. The fourth-order valence-electron chi connectivity index (χ4n) is 1.18. The Bertz CT molecular complexity index is 320. The zero-order chi connectivity index (χ0) is 10.6. The molecule has 0 aliphatic carbocycles. The Labute approximate surface area is 85.3 Å². The van der Waals surface area contributed by atoms with Crippen LogP contribution in [-0.2, 0) is 4.79 Å². The van der Waals surface area contributed by atoms with E-state index in [-0.39, 0.29) is 11.7 Å². The number of nitrogens with one attached hydrogen (secondary N) is 1. The Kier molecular flexibility index (Phi) is 3.69. The molecule has 0 saturated heterocycles. The van der Waals surface area contributed by atoms with Crippen molar-refractivity contribution in [2.75, 3.05) is 11.9 Å². The Hall–Kier alpha value is -1.31. The summed E-state index contributed by atoms with van der Waals surface area (Å²) in [6, 6.07) is 8.09. The molecular formula is C12H17NO. The van der Waals surface area contributed by atoms with Crippen LogP contribution in [0.5, 0.6) is 0 Å². The van der Waals surface area contributed by atoms with Crippen molar-refractivity contribution in [3.63, 3.8) is 0 Å². The van der Waals surface area contributed by atoms with Crippen LogP contribution in [0.2, 0.25) is 0 Å². The average Bonchev–Trinajstić information content (AvgIpc) is 2.16. The van der Waals surface area contributed by atoms with E-state index in [1.807, 2.05) is 25.1 Å². The summed E-state index contributed by atoms with van der Waals surface area (Å²) < 4.78 is 0. The van der Waals surface area contributed by atoms with E-state index in [0.29, 0.717) is 6.54 Å². The highest BCUT2D eigenvalue weighted by Gasteiger charge is 2.06. The first kappa shape index (κ1) is 10.8. The number of aryl methyl sites for hydroxylation is 1. The Morgan fingerprint density at radius 2 is 2.07 bits per heavy atom. The van der Waals surface area contributed by atoms with Gasteiger partial charge in [0.1, 0.15) is 5.78 Å². The van der Waals surface area contributed by atoms with Gasteiger partial charge >= 0.3 is 0 Å². The lowest BCUT2D eigenvalue weighted by molar-refractivity contribution is -0.119. The van der Waals surface area contributed by atoms with Gasteiger partial charge in [-0.3, -0.25) is 4.79 Å². The van der Waals surface area contributed by atoms with Gasteiger partial charge in [0.15, 0.2) is 0 Å². The first-order chi connectivity index (χ1) is 6.61. The van der Waals surface area contributed by atoms with Crippen LogP contribution in [0.25, 0.3) is 0 Å². The summed E-state index contributed by atoms with van der Waals surface area (Å²) in [4.78, 5) is 11.0. The monoisotopic (exact) mass is 191 g/mol. The summed E-state index contributed by atoms with van der Waals surface area (Å²) in [6.07, 6.45) is 0. The van der Waals surface area contributed by atoms with Crippen molar-refractivity contribution < 1.29 is 4.79 Å². The molecule has 14 heavy (non-hydrogen) atoms. The van der Waals surface area contributed by atoms with Crippen molar-refractivity contribution in [1.29, 1.82) is 0 Å². The molecule has 0 heterocycles. The highest BCUT2D eigenvalue weighted by atomic mass is 16.1. The van der Waals surface area contributed by atoms with Crippen LogP contribution in [0.3, 0.4) is 0 Å². The molecule has 0 amide bonds. The van der Waals surface area contributed by atoms with Crippen molar-refractivity contribution >= 4 is 11.5 Å². The number of rotatable bonds is 4. The summed E-state index contributed by atoms with van der Waals surface area (Å²) in [6.45, 7) is 6.33. The molecule has 0 aliphatic rings. The van der Waals surface area contributed by atoms with Gasteiger partial charge in [-0.05, 0) is 25.5 Å². The summed E-state index contributed by atoms with van der Waals surface area (Å²) in [5, 5.41) is 3.27. The number of benzene rings is 1. The molecule has 76 valence electrons. The maximum absolute atomic E-state index is 11.0. The normalized spacial score (nSPS) is 12.2. The second kappa shape index (κ2) is 4.80. The number of anilines is 1. The molecule has 0 aromatic heterocycles. The lowest BCUT2D eigenvalue weighted by Crippen LogP contribution is -2.18. The molecule has 1 atom stereocenters. The number of carbonyl (C=O) groups excluding carboxylic acids is 1. The van der Waals surface area contributed by atoms with Gasteiger partial charge in [0, 0.05) is 18.2 Å². The molecule has 1 rings (SSSR count). The minimum absolute atomic E-state index is 0.0783. The van der Waals surface area contributed by atoms with Crippen LogP contribution in [0, 0.1) is 12.8 Å². The van der Waals surface area contributed by atoms with Crippen LogP contribution in [0.15, 0.2) is 24.3 Å². The molecule has 0 fully saturated rings. The van der Waals surface area contributed by atoms with Crippen LogP contribution in [0.4, 0.5) is 5.69 Å². The zero-order valence-electron chi connectivity index (χ0n) is 9.00. The molecule has 1 aromatic rings. The molecule has 2 nitrogen and oxygen atoms in total. The van der Waals surface area contributed by atoms with Crippen LogP contribution in [0.1, 0.15) is 19.4 Å². The molecule has 0 saturated carbocycles. The minimum Gasteiger partial charge on any atom is -0.384 e. The van der Waals surface area contributed by atoms with E-state index in [1.54, 1.807) is 6.92 Å². The van der Waals surface area contributed by atoms with Gasteiger partial charge in [0.05, 0.1) is 0 Å². The van der Waals surface area contributed by atoms with E-state index < -0.39 is 0 Å². The van der Waals surface area contributed by atoms with E-state index in [1.165, 1.54) is 5.56 Å². The van der Waals surface area contributed by atoms with Crippen molar-refractivity contribution in [2.24, 2.45) is 5.92 Å². The minimum atomic E-state index is 0.0783. The fraction of sp³-hybridized carbons (Fsp3) is 0.417. The third-order valence-electron chi connectivity index (χ3n) is 2.44. The van der Waals surface area contributed by atoms with Crippen LogP contribution < -0.4 is 5.32 Å². The molecule has 0 spiro atoms. The maximum atomic E-state index is 11.0. The van der Waals surface area contributed by atoms with Crippen molar-refractivity contribution in [1.82, 2.24) is 0 Å². The predicted molar refractivity (Wildman–Crippen MR) is 59.5 cm³/mol. The zero-order valence-corrected chi connectivity index (χ0v) is 9.00. The number of carbonyl (C=O) groups is 1. The van der Waals surface area contributed by atoms with E-state index in [2.05, 4.69) is 18.3 Å². The Morgan fingerprint density at radius 1 is 1.43 bits per heavy atom. The van der Waals surface area contributed by atoms with Gasteiger partial charge in [0.2, 0.25) is 0 Å². The second-order valence-corrected chi connectivity index (χ2v) is 3.71. The lowest BCUT2D eigenvalue weighted by atomic mass is 10.1. The third-order valence-corrected chi connectivity index (χ3v) is 2.44. The smallest absolute Gasteiger partial charge is 0.134 e. The van der Waals surface area contributed by atoms with E-state index >= 15 is 0 Å². The molecule has 0 aliphatic heterocycles. The third kappa shape index (κ3) is 2.87. The van der Waals surface area contributed by atoms with Crippen molar-refractivity contribution in [3.8, 4) is 0 Å². The van der Waals surface area contributed by atoms with Gasteiger partial charge in [0.25, 0.3) is 0 Å². The van der Waals surface area contributed by atoms with E-state index in [4.69, 9.17) is 0 Å². The molecular weight excluding hydrogens is 174 g/mol. The van der Waals surface area contributed by atoms with Crippen LogP contribution in [-0.4, -0.2) is 12.3 Å². The average molecular weight is 191 g/mol. The molecule has 2 heteroatoms. The number of hydrogen-bond donors (Lipinski definition) is 1. The topological polar surface area (TPSA) is 29.1 Å². The molecule has 1 N–H and O–H groups in total. The van der Waals surface area contributed by atoms with Gasteiger partial charge in [-0.1, -0.05) is 25.1 Å². The quantitative estimate of drug-likeness (QED) is 0.792. The van der Waals surface area contributed by atoms with Crippen molar-refractivity contribution in [2.45, 2.75) is 20.8 Å². The highest BCUT2D eigenvalue weighted by Crippen LogP contribution is 2.13. The Balaban J connectivity index is 2.54. The predicted octanol–water partition coefficient (Wildman–Crippen LogP) is 2.63. The van der Waals surface area contributed by atoms with Gasteiger partial charge < -0.3 is 5.32 Å². The lowest BCUT2D eigenvalue weighted by Gasteiger charge is -2.12. The Morgan fingerprint density at radius 3 is 2.64 bits per heavy atom. The number of Topliss-reactive ketones (excluding diaryl/α,β-unsaturated/α-hetero) is 1. The standard InChI is InChI=1S/C12H17NO/c1-9-6-4-5-7-12(9)13-8-10(2)11(3)14/h4-7,10,13H,8H2,1-3H3.